The molecule has 0 spiro atoms. The summed E-state index contributed by atoms with van der Waals surface area (Å²) in [6.45, 7) is 1.96. The normalized spacial score (nSPS) is 17.8. The average molecular weight is 187 g/mol. The van der Waals surface area contributed by atoms with Crippen molar-refractivity contribution in [3.63, 3.8) is 0 Å². The minimum atomic E-state index is 0.451. The van der Waals surface area contributed by atoms with Crippen LogP contribution in [-0.4, -0.2) is 23.6 Å². The van der Waals surface area contributed by atoms with Gasteiger partial charge in [-0.3, -0.25) is 0 Å². The summed E-state index contributed by atoms with van der Waals surface area (Å²) >= 11 is 5.71. The van der Waals surface area contributed by atoms with E-state index >= 15 is 0 Å². The summed E-state index contributed by atoms with van der Waals surface area (Å²) in [4.78, 5) is 2.25. The zero-order valence-electron chi connectivity index (χ0n) is 7.01. The molecule has 3 nitrogen and oxygen atoms in total. The average Bonchev–Trinajstić information content (AvgIpc) is 2.46. The van der Waals surface area contributed by atoms with Crippen LogP contribution in [0.4, 0.5) is 0 Å². The van der Waals surface area contributed by atoms with Crippen LogP contribution in [0.25, 0.3) is 0 Å². The van der Waals surface area contributed by atoms with Crippen LogP contribution >= 0.6 is 11.6 Å². The number of alkyl halides is 1. The molecular formula is C8H11ClN2O. The van der Waals surface area contributed by atoms with Gasteiger partial charge < -0.3 is 9.42 Å². The second-order valence-electron chi connectivity index (χ2n) is 3.15. The smallest absolute Gasteiger partial charge is 0.142 e. The zero-order chi connectivity index (χ0) is 8.55. The van der Waals surface area contributed by atoms with Crippen molar-refractivity contribution in [3.8, 4) is 0 Å². The lowest BCUT2D eigenvalue weighted by Gasteiger charge is -2.20. The Morgan fingerprint density at radius 1 is 1.67 bits per heavy atom. The van der Waals surface area contributed by atoms with Crippen LogP contribution in [0.5, 0.6) is 0 Å². The third-order valence-electron chi connectivity index (χ3n) is 2.23. The Labute approximate surface area is 76.3 Å². The van der Waals surface area contributed by atoms with Crippen molar-refractivity contribution in [2.45, 2.75) is 18.8 Å². The lowest BCUT2D eigenvalue weighted by atomic mass is 10.1. The number of aromatic nitrogens is 1. The van der Waals surface area contributed by atoms with E-state index in [9.17, 15) is 0 Å². The third-order valence-corrected chi connectivity index (χ3v) is 2.48. The Kier molecular flexibility index (Phi) is 2.07. The molecule has 0 radical (unpaired) electrons. The van der Waals surface area contributed by atoms with Crippen LogP contribution in [0.1, 0.15) is 17.0 Å². The van der Waals surface area contributed by atoms with Crippen molar-refractivity contribution in [3.05, 3.63) is 17.0 Å². The highest BCUT2D eigenvalue weighted by Crippen LogP contribution is 2.22. The van der Waals surface area contributed by atoms with Crippen molar-refractivity contribution in [2.75, 3.05) is 13.6 Å². The molecule has 0 aliphatic carbocycles. The molecular weight excluding hydrogens is 176 g/mol. The van der Waals surface area contributed by atoms with E-state index in [1.807, 2.05) is 0 Å². The molecule has 0 fully saturated rings. The molecule has 0 unspecified atom stereocenters. The zero-order valence-corrected chi connectivity index (χ0v) is 7.76. The van der Waals surface area contributed by atoms with E-state index in [1.54, 1.807) is 0 Å². The van der Waals surface area contributed by atoms with Gasteiger partial charge in [0.2, 0.25) is 0 Å². The molecule has 66 valence electrons. The summed E-state index contributed by atoms with van der Waals surface area (Å²) in [5.41, 5.74) is 2.09. The van der Waals surface area contributed by atoms with Gasteiger partial charge in [0.15, 0.2) is 0 Å². The van der Waals surface area contributed by atoms with Crippen molar-refractivity contribution >= 4 is 11.6 Å². The molecule has 0 bridgehead atoms. The fraction of sp³-hybridized carbons (Fsp3) is 0.625. The Morgan fingerprint density at radius 3 is 3.25 bits per heavy atom. The molecule has 0 atom stereocenters. The van der Waals surface area contributed by atoms with Crippen molar-refractivity contribution < 1.29 is 4.52 Å². The largest absolute Gasteiger partial charge is 0.361 e. The number of hydrogen-bond donors (Lipinski definition) is 0. The molecule has 1 aromatic rings. The number of fused-ring (bicyclic) bond motifs is 1. The maximum absolute atomic E-state index is 5.71. The quantitative estimate of drug-likeness (QED) is 0.621. The first-order valence-electron chi connectivity index (χ1n) is 4.02. The summed E-state index contributed by atoms with van der Waals surface area (Å²) in [6, 6.07) is 0. The van der Waals surface area contributed by atoms with Gasteiger partial charge in [0.25, 0.3) is 0 Å². The predicted octanol–water partition coefficient (Wildman–Crippen LogP) is 1.40. The van der Waals surface area contributed by atoms with Gasteiger partial charge in [-0.2, -0.15) is 0 Å². The fourth-order valence-electron chi connectivity index (χ4n) is 1.50. The Bertz CT molecular complexity index is 271. The first kappa shape index (κ1) is 8.08. The maximum Gasteiger partial charge on any atom is 0.142 e. The lowest BCUT2D eigenvalue weighted by molar-refractivity contribution is 0.281. The van der Waals surface area contributed by atoms with E-state index in [1.165, 1.54) is 5.56 Å². The van der Waals surface area contributed by atoms with E-state index in [-0.39, 0.29) is 0 Å². The van der Waals surface area contributed by atoms with Crippen molar-refractivity contribution in [1.82, 2.24) is 10.1 Å². The fourth-order valence-corrected chi connectivity index (χ4v) is 1.71. The van der Waals surface area contributed by atoms with Gasteiger partial charge in [0.05, 0.1) is 5.88 Å². The first-order chi connectivity index (χ1) is 5.81. The Balaban J connectivity index is 2.34. The number of hydrogen-bond acceptors (Lipinski definition) is 3. The van der Waals surface area contributed by atoms with Crippen LogP contribution in [0, 0.1) is 0 Å². The molecule has 1 aromatic heterocycles. The molecule has 0 amide bonds. The highest BCUT2D eigenvalue weighted by molar-refractivity contribution is 6.17. The van der Waals surface area contributed by atoms with Crippen LogP contribution in [0.2, 0.25) is 0 Å². The summed E-state index contributed by atoms with van der Waals surface area (Å²) in [6.07, 6.45) is 0.954. The summed E-state index contributed by atoms with van der Waals surface area (Å²) in [7, 11) is 2.09. The molecule has 2 rings (SSSR count). The van der Waals surface area contributed by atoms with E-state index in [4.69, 9.17) is 16.1 Å². The molecule has 1 aliphatic rings. The molecule has 0 N–H and O–H groups in total. The third kappa shape index (κ3) is 1.23. The van der Waals surface area contributed by atoms with Crippen LogP contribution in [0.3, 0.4) is 0 Å². The first-order valence-corrected chi connectivity index (χ1v) is 4.55. The number of likely N-dealkylation sites (N-methyl/N-ethyl adjacent to an activating group) is 1. The SMILES string of the molecule is CN1CCc2onc(CCl)c2C1. The second kappa shape index (κ2) is 3.07. The minimum Gasteiger partial charge on any atom is -0.361 e. The van der Waals surface area contributed by atoms with Gasteiger partial charge in [0, 0.05) is 25.1 Å². The van der Waals surface area contributed by atoms with Crippen LogP contribution in [0.15, 0.2) is 4.52 Å². The van der Waals surface area contributed by atoms with E-state index in [2.05, 4.69) is 17.1 Å². The maximum atomic E-state index is 5.71. The molecule has 0 saturated heterocycles. The summed E-state index contributed by atoms with van der Waals surface area (Å²) in [5, 5.41) is 3.92. The highest BCUT2D eigenvalue weighted by Gasteiger charge is 2.21. The topological polar surface area (TPSA) is 29.3 Å². The predicted molar refractivity (Wildman–Crippen MR) is 46.1 cm³/mol. The second-order valence-corrected chi connectivity index (χ2v) is 3.42. The van der Waals surface area contributed by atoms with Gasteiger partial charge in [-0.25, -0.2) is 0 Å². The van der Waals surface area contributed by atoms with Crippen LogP contribution < -0.4 is 0 Å². The van der Waals surface area contributed by atoms with Gasteiger partial charge in [-0.1, -0.05) is 5.16 Å². The van der Waals surface area contributed by atoms with E-state index in [0.717, 1.165) is 31.0 Å². The Hall–Kier alpha value is -0.540. The van der Waals surface area contributed by atoms with Crippen molar-refractivity contribution in [1.29, 1.82) is 0 Å². The van der Waals surface area contributed by atoms with Crippen molar-refractivity contribution in [2.24, 2.45) is 0 Å². The van der Waals surface area contributed by atoms with Gasteiger partial charge in [-0.05, 0) is 7.05 Å². The molecule has 4 heteroatoms. The standard InChI is InChI=1S/C8H11ClN2O/c1-11-3-2-8-6(5-11)7(4-9)10-12-8/h2-5H2,1H3. The summed E-state index contributed by atoms with van der Waals surface area (Å²) in [5.74, 6) is 1.47. The monoisotopic (exact) mass is 186 g/mol. The van der Waals surface area contributed by atoms with E-state index in [0.29, 0.717) is 5.88 Å². The number of nitrogens with zero attached hydrogens (tertiary/aromatic N) is 2. The number of halogens is 1. The van der Waals surface area contributed by atoms with E-state index < -0.39 is 0 Å². The van der Waals surface area contributed by atoms with Gasteiger partial charge >= 0.3 is 0 Å². The lowest BCUT2D eigenvalue weighted by Crippen LogP contribution is -2.26. The molecule has 0 aromatic carbocycles. The molecule has 12 heavy (non-hydrogen) atoms. The molecule has 2 heterocycles. The molecule has 1 aliphatic heterocycles. The molecule has 0 saturated carbocycles. The van der Waals surface area contributed by atoms with Gasteiger partial charge in [-0.15, -0.1) is 11.6 Å². The van der Waals surface area contributed by atoms with Gasteiger partial charge in [0.1, 0.15) is 11.5 Å². The minimum absolute atomic E-state index is 0.451. The Morgan fingerprint density at radius 2 is 2.50 bits per heavy atom. The van der Waals surface area contributed by atoms with Crippen LogP contribution in [-0.2, 0) is 18.8 Å². The highest BCUT2D eigenvalue weighted by atomic mass is 35.5. The summed E-state index contributed by atoms with van der Waals surface area (Å²) < 4.78 is 5.17. The number of rotatable bonds is 1.